The maximum atomic E-state index is 10.8. The van der Waals surface area contributed by atoms with Crippen LogP contribution in [0.3, 0.4) is 0 Å². The number of carbonyl (C=O) groups is 1. The van der Waals surface area contributed by atoms with Crippen LogP contribution in [-0.2, 0) is 6.54 Å². The summed E-state index contributed by atoms with van der Waals surface area (Å²) in [6.45, 7) is 0.724. The van der Waals surface area contributed by atoms with E-state index in [1.54, 1.807) is 6.07 Å². The fourth-order valence-electron chi connectivity index (χ4n) is 1.59. The first-order valence-electron chi connectivity index (χ1n) is 5.25. The standard InChI is InChI=1S/C13H13NO2S/c1-14(10-5-3-2-4-6-10)9-11-7-8-12(17-11)13(15)16/h2-8H,9H2,1H3,(H,15,16). The van der Waals surface area contributed by atoms with Crippen LogP contribution < -0.4 is 4.90 Å². The topological polar surface area (TPSA) is 40.5 Å². The molecule has 1 N–H and O–H groups in total. The number of para-hydroxylation sites is 1. The third kappa shape index (κ3) is 2.85. The monoisotopic (exact) mass is 247 g/mol. The number of nitrogens with zero attached hydrogens (tertiary/aromatic N) is 1. The molecule has 0 aliphatic rings. The summed E-state index contributed by atoms with van der Waals surface area (Å²) >= 11 is 1.32. The van der Waals surface area contributed by atoms with Gasteiger partial charge in [-0.15, -0.1) is 11.3 Å². The highest BCUT2D eigenvalue weighted by atomic mass is 32.1. The highest BCUT2D eigenvalue weighted by Gasteiger charge is 2.08. The molecule has 4 heteroatoms. The zero-order valence-corrected chi connectivity index (χ0v) is 10.3. The van der Waals surface area contributed by atoms with Crippen molar-refractivity contribution in [2.24, 2.45) is 0 Å². The molecule has 0 fully saturated rings. The molecule has 3 nitrogen and oxygen atoms in total. The molecule has 1 heterocycles. The van der Waals surface area contributed by atoms with Gasteiger partial charge in [-0.2, -0.15) is 0 Å². The van der Waals surface area contributed by atoms with Crippen LogP contribution >= 0.6 is 11.3 Å². The minimum Gasteiger partial charge on any atom is -0.477 e. The minimum absolute atomic E-state index is 0.390. The molecule has 1 aromatic carbocycles. The van der Waals surface area contributed by atoms with E-state index in [4.69, 9.17) is 5.11 Å². The molecule has 0 aliphatic carbocycles. The van der Waals surface area contributed by atoms with Crippen molar-refractivity contribution in [1.82, 2.24) is 0 Å². The van der Waals surface area contributed by atoms with Crippen molar-refractivity contribution in [2.45, 2.75) is 6.54 Å². The number of hydrogen-bond donors (Lipinski definition) is 1. The van der Waals surface area contributed by atoms with Gasteiger partial charge in [0.2, 0.25) is 0 Å². The van der Waals surface area contributed by atoms with Crippen LogP contribution in [0.2, 0.25) is 0 Å². The summed E-state index contributed by atoms with van der Waals surface area (Å²) in [6.07, 6.45) is 0. The van der Waals surface area contributed by atoms with Gasteiger partial charge < -0.3 is 10.0 Å². The summed E-state index contributed by atoms with van der Waals surface area (Å²) in [5, 5.41) is 8.85. The van der Waals surface area contributed by atoms with Crippen molar-refractivity contribution >= 4 is 23.0 Å². The largest absolute Gasteiger partial charge is 0.477 e. The molecule has 0 bridgehead atoms. The second kappa shape index (κ2) is 5.01. The Morgan fingerprint density at radius 1 is 1.24 bits per heavy atom. The van der Waals surface area contributed by atoms with Crippen LogP contribution in [0, 0.1) is 0 Å². The molecular weight excluding hydrogens is 234 g/mol. The van der Waals surface area contributed by atoms with Crippen molar-refractivity contribution in [3.8, 4) is 0 Å². The first-order valence-corrected chi connectivity index (χ1v) is 6.06. The summed E-state index contributed by atoms with van der Waals surface area (Å²) in [5.41, 5.74) is 1.12. The predicted octanol–water partition coefficient (Wildman–Crippen LogP) is 3.08. The van der Waals surface area contributed by atoms with Crippen LogP contribution in [0.25, 0.3) is 0 Å². The highest BCUT2D eigenvalue weighted by Crippen LogP contribution is 2.20. The summed E-state index contributed by atoms with van der Waals surface area (Å²) in [7, 11) is 2.00. The maximum Gasteiger partial charge on any atom is 0.345 e. The van der Waals surface area contributed by atoms with Gasteiger partial charge in [0.1, 0.15) is 4.88 Å². The fraction of sp³-hybridized carbons (Fsp3) is 0.154. The van der Waals surface area contributed by atoms with Crippen molar-refractivity contribution in [3.63, 3.8) is 0 Å². The number of carboxylic acids is 1. The van der Waals surface area contributed by atoms with E-state index in [1.807, 2.05) is 43.4 Å². The number of thiophene rings is 1. The average molecular weight is 247 g/mol. The molecule has 0 unspecified atom stereocenters. The number of anilines is 1. The molecule has 1 aromatic heterocycles. The van der Waals surface area contributed by atoms with Crippen molar-refractivity contribution in [3.05, 3.63) is 52.2 Å². The van der Waals surface area contributed by atoms with Crippen LogP contribution in [0.5, 0.6) is 0 Å². The van der Waals surface area contributed by atoms with Crippen LogP contribution in [0.4, 0.5) is 5.69 Å². The van der Waals surface area contributed by atoms with E-state index in [0.717, 1.165) is 17.1 Å². The van der Waals surface area contributed by atoms with E-state index in [1.165, 1.54) is 11.3 Å². The molecule has 88 valence electrons. The lowest BCUT2D eigenvalue weighted by Gasteiger charge is -2.17. The third-order valence-electron chi connectivity index (χ3n) is 2.46. The molecule has 0 amide bonds. The van der Waals surface area contributed by atoms with E-state index in [-0.39, 0.29) is 0 Å². The minimum atomic E-state index is -0.858. The Morgan fingerprint density at radius 3 is 2.53 bits per heavy atom. The molecule has 0 saturated heterocycles. The molecule has 17 heavy (non-hydrogen) atoms. The zero-order valence-electron chi connectivity index (χ0n) is 9.46. The Hall–Kier alpha value is -1.81. The van der Waals surface area contributed by atoms with Crippen LogP contribution in [0.15, 0.2) is 42.5 Å². The molecule has 0 spiro atoms. The van der Waals surface area contributed by atoms with Gasteiger partial charge in [-0.25, -0.2) is 4.79 Å². The molecule has 2 rings (SSSR count). The molecule has 0 atom stereocenters. The summed E-state index contributed by atoms with van der Waals surface area (Å²) in [4.78, 5) is 14.3. The Morgan fingerprint density at radius 2 is 1.94 bits per heavy atom. The Bertz CT molecular complexity index is 507. The van der Waals surface area contributed by atoms with E-state index in [9.17, 15) is 4.79 Å². The fourth-order valence-corrected chi connectivity index (χ4v) is 2.49. The normalized spacial score (nSPS) is 10.2. The summed E-state index contributed by atoms with van der Waals surface area (Å²) in [6, 6.07) is 13.5. The van der Waals surface area contributed by atoms with E-state index in [0.29, 0.717) is 4.88 Å². The number of rotatable bonds is 4. The maximum absolute atomic E-state index is 10.8. The second-order valence-corrected chi connectivity index (χ2v) is 4.93. The lowest BCUT2D eigenvalue weighted by molar-refractivity contribution is 0.0702. The van der Waals surface area contributed by atoms with Gasteiger partial charge in [0.05, 0.1) is 6.54 Å². The van der Waals surface area contributed by atoms with Gasteiger partial charge in [0.15, 0.2) is 0 Å². The van der Waals surface area contributed by atoms with Gasteiger partial charge >= 0.3 is 5.97 Å². The SMILES string of the molecule is CN(Cc1ccc(C(=O)O)s1)c1ccccc1. The van der Waals surface area contributed by atoms with E-state index >= 15 is 0 Å². The predicted molar refractivity (Wildman–Crippen MR) is 69.8 cm³/mol. The van der Waals surface area contributed by atoms with Gasteiger partial charge in [-0.3, -0.25) is 0 Å². The van der Waals surface area contributed by atoms with Crippen molar-refractivity contribution in [2.75, 3.05) is 11.9 Å². The van der Waals surface area contributed by atoms with Crippen molar-refractivity contribution in [1.29, 1.82) is 0 Å². The van der Waals surface area contributed by atoms with Gasteiger partial charge in [0, 0.05) is 17.6 Å². The Labute approximate surface area is 104 Å². The van der Waals surface area contributed by atoms with Gasteiger partial charge in [0.25, 0.3) is 0 Å². The first-order chi connectivity index (χ1) is 8.16. The third-order valence-corrected chi connectivity index (χ3v) is 3.52. The zero-order chi connectivity index (χ0) is 12.3. The highest BCUT2D eigenvalue weighted by molar-refractivity contribution is 7.13. The molecule has 0 saturated carbocycles. The second-order valence-electron chi connectivity index (χ2n) is 3.76. The van der Waals surface area contributed by atoms with Crippen LogP contribution in [0.1, 0.15) is 14.5 Å². The number of benzene rings is 1. The Kier molecular flexibility index (Phi) is 3.44. The molecular formula is C13H13NO2S. The number of carboxylic acid groups (broad SMARTS) is 1. The molecule has 2 aromatic rings. The first kappa shape index (κ1) is 11.7. The van der Waals surface area contributed by atoms with Gasteiger partial charge in [-0.05, 0) is 24.3 Å². The smallest absolute Gasteiger partial charge is 0.345 e. The van der Waals surface area contributed by atoms with Crippen molar-refractivity contribution < 1.29 is 9.90 Å². The number of hydrogen-bond acceptors (Lipinski definition) is 3. The summed E-state index contributed by atoms with van der Waals surface area (Å²) < 4.78 is 0. The quantitative estimate of drug-likeness (QED) is 0.902. The molecule has 0 aliphatic heterocycles. The van der Waals surface area contributed by atoms with Gasteiger partial charge in [-0.1, -0.05) is 18.2 Å². The lowest BCUT2D eigenvalue weighted by Crippen LogP contribution is -2.15. The molecule has 0 radical (unpaired) electrons. The number of aromatic carboxylic acids is 1. The van der Waals surface area contributed by atoms with E-state index in [2.05, 4.69) is 4.90 Å². The lowest BCUT2D eigenvalue weighted by atomic mass is 10.3. The van der Waals surface area contributed by atoms with E-state index < -0.39 is 5.97 Å². The Balaban J connectivity index is 2.08. The average Bonchev–Trinajstić information content (AvgIpc) is 2.79. The summed E-state index contributed by atoms with van der Waals surface area (Å²) in [5.74, 6) is -0.858. The van der Waals surface area contributed by atoms with Crippen LogP contribution in [-0.4, -0.2) is 18.1 Å².